The Balaban J connectivity index is 1.58. The summed E-state index contributed by atoms with van der Waals surface area (Å²) in [4.78, 5) is 9.32. The van der Waals surface area contributed by atoms with E-state index in [0.29, 0.717) is 5.02 Å². The van der Waals surface area contributed by atoms with Gasteiger partial charge in [0.05, 0.1) is 22.7 Å². The fourth-order valence-corrected chi connectivity index (χ4v) is 3.85. The van der Waals surface area contributed by atoms with Crippen LogP contribution in [0.3, 0.4) is 0 Å². The van der Waals surface area contributed by atoms with E-state index in [1.807, 2.05) is 6.07 Å². The first-order valence-corrected chi connectivity index (χ1v) is 8.25. The predicted octanol–water partition coefficient (Wildman–Crippen LogP) is 2.66. The van der Waals surface area contributed by atoms with Crippen LogP contribution < -0.4 is 4.90 Å². The predicted molar refractivity (Wildman–Crippen MR) is 84.5 cm³/mol. The molecule has 2 aliphatic heterocycles. The van der Waals surface area contributed by atoms with E-state index in [-0.39, 0.29) is 0 Å². The molecule has 0 bridgehead atoms. The van der Waals surface area contributed by atoms with Gasteiger partial charge in [-0.1, -0.05) is 11.6 Å². The number of halogens is 2. The maximum atomic E-state index is 5.95. The van der Waals surface area contributed by atoms with E-state index in [1.54, 1.807) is 6.20 Å². The average molecular weight is 361 g/mol. The minimum atomic E-state index is 0.671. The number of rotatable bonds is 3. The van der Waals surface area contributed by atoms with Gasteiger partial charge in [0.2, 0.25) is 0 Å². The van der Waals surface area contributed by atoms with Gasteiger partial charge in [-0.25, -0.2) is 4.98 Å². The second kappa shape index (κ2) is 6.60. The fourth-order valence-electron chi connectivity index (χ4n) is 2.96. The number of hydrogen-bond donors (Lipinski definition) is 0. The quantitative estimate of drug-likeness (QED) is 0.828. The van der Waals surface area contributed by atoms with Gasteiger partial charge in [0.25, 0.3) is 0 Å². The summed E-state index contributed by atoms with van der Waals surface area (Å²) >= 11 is 9.51. The molecule has 0 unspecified atom stereocenters. The Morgan fingerprint density at radius 2 is 2.15 bits per heavy atom. The van der Waals surface area contributed by atoms with Gasteiger partial charge in [-0.05, 0) is 34.3 Å². The highest BCUT2D eigenvalue weighted by Crippen LogP contribution is 2.30. The molecule has 20 heavy (non-hydrogen) atoms. The van der Waals surface area contributed by atoms with Crippen LogP contribution in [-0.4, -0.2) is 55.8 Å². The number of hydrogen-bond acceptors (Lipinski definition) is 4. The zero-order valence-electron chi connectivity index (χ0n) is 11.4. The van der Waals surface area contributed by atoms with Crippen molar-refractivity contribution in [3.05, 3.63) is 21.8 Å². The van der Waals surface area contributed by atoms with Gasteiger partial charge in [0.1, 0.15) is 5.82 Å². The van der Waals surface area contributed by atoms with Crippen molar-refractivity contribution in [2.24, 2.45) is 5.92 Å². The van der Waals surface area contributed by atoms with Crippen LogP contribution in [0.4, 0.5) is 5.82 Å². The topological polar surface area (TPSA) is 28.6 Å². The van der Waals surface area contributed by atoms with E-state index in [1.165, 1.54) is 13.0 Å². The van der Waals surface area contributed by atoms with Crippen LogP contribution in [0.15, 0.2) is 16.7 Å². The molecule has 2 aliphatic rings. The number of morpholine rings is 1. The molecule has 0 amide bonds. The fraction of sp³-hybridized carbons (Fsp3) is 0.643. The second-order valence-corrected chi connectivity index (χ2v) is 6.76. The van der Waals surface area contributed by atoms with Gasteiger partial charge >= 0.3 is 0 Å². The van der Waals surface area contributed by atoms with Crippen LogP contribution in [0.2, 0.25) is 5.02 Å². The van der Waals surface area contributed by atoms with Gasteiger partial charge in [0, 0.05) is 38.9 Å². The van der Waals surface area contributed by atoms with Crippen molar-refractivity contribution in [3.63, 3.8) is 0 Å². The van der Waals surface area contributed by atoms with E-state index in [0.717, 1.165) is 55.6 Å². The molecule has 2 saturated heterocycles. The van der Waals surface area contributed by atoms with Crippen LogP contribution >= 0.6 is 27.5 Å². The van der Waals surface area contributed by atoms with E-state index in [4.69, 9.17) is 16.3 Å². The Morgan fingerprint density at radius 1 is 1.35 bits per heavy atom. The molecular formula is C14H19BrClN3O. The first kappa shape index (κ1) is 14.6. The summed E-state index contributed by atoms with van der Waals surface area (Å²) in [7, 11) is 0. The molecule has 3 heterocycles. The molecule has 1 aromatic heterocycles. The summed E-state index contributed by atoms with van der Waals surface area (Å²) in [5.74, 6) is 1.73. The molecule has 0 N–H and O–H groups in total. The zero-order chi connectivity index (χ0) is 13.9. The highest BCUT2D eigenvalue weighted by atomic mass is 79.9. The smallest absolute Gasteiger partial charge is 0.142 e. The lowest BCUT2D eigenvalue weighted by Gasteiger charge is -2.29. The monoisotopic (exact) mass is 359 g/mol. The molecule has 6 heteroatoms. The summed E-state index contributed by atoms with van der Waals surface area (Å²) in [5.41, 5.74) is 0. The summed E-state index contributed by atoms with van der Waals surface area (Å²) in [6.45, 7) is 7.21. The SMILES string of the molecule is Clc1cnc(N2CC[C@@H](CN3CCOCC3)C2)c(Br)c1. The molecule has 0 aromatic carbocycles. The molecule has 0 radical (unpaired) electrons. The average Bonchev–Trinajstić information content (AvgIpc) is 2.88. The Kier molecular flexibility index (Phi) is 4.81. The molecular weight excluding hydrogens is 342 g/mol. The van der Waals surface area contributed by atoms with Crippen LogP contribution in [-0.2, 0) is 4.74 Å². The molecule has 1 atom stereocenters. The molecule has 2 fully saturated rings. The van der Waals surface area contributed by atoms with Crippen molar-refractivity contribution in [1.82, 2.24) is 9.88 Å². The molecule has 1 aromatic rings. The lowest BCUT2D eigenvalue weighted by atomic mass is 10.1. The summed E-state index contributed by atoms with van der Waals surface area (Å²) in [5, 5.41) is 0.671. The number of ether oxygens (including phenoxy) is 1. The van der Waals surface area contributed by atoms with Crippen molar-refractivity contribution >= 4 is 33.3 Å². The van der Waals surface area contributed by atoms with E-state index >= 15 is 0 Å². The van der Waals surface area contributed by atoms with Crippen LogP contribution in [0.5, 0.6) is 0 Å². The normalized spacial score (nSPS) is 24.3. The van der Waals surface area contributed by atoms with Gasteiger partial charge in [-0.15, -0.1) is 0 Å². The Bertz CT molecular complexity index is 468. The molecule has 0 spiro atoms. The number of nitrogens with zero attached hydrogens (tertiary/aromatic N) is 3. The van der Waals surface area contributed by atoms with E-state index < -0.39 is 0 Å². The van der Waals surface area contributed by atoms with E-state index in [9.17, 15) is 0 Å². The summed E-state index contributed by atoms with van der Waals surface area (Å²) in [6.07, 6.45) is 2.95. The largest absolute Gasteiger partial charge is 0.379 e. The molecule has 0 saturated carbocycles. The number of pyridine rings is 1. The minimum Gasteiger partial charge on any atom is -0.379 e. The molecule has 0 aliphatic carbocycles. The first-order chi connectivity index (χ1) is 9.72. The van der Waals surface area contributed by atoms with Crippen molar-refractivity contribution in [3.8, 4) is 0 Å². The zero-order valence-corrected chi connectivity index (χ0v) is 13.7. The van der Waals surface area contributed by atoms with Gasteiger partial charge in [-0.3, -0.25) is 4.90 Å². The Hall–Kier alpha value is -0.360. The highest BCUT2D eigenvalue weighted by Gasteiger charge is 2.27. The van der Waals surface area contributed by atoms with Crippen LogP contribution in [0.1, 0.15) is 6.42 Å². The second-order valence-electron chi connectivity index (χ2n) is 5.47. The van der Waals surface area contributed by atoms with Gasteiger partial charge in [-0.2, -0.15) is 0 Å². The van der Waals surface area contributed by atoms with Gasteiger partial charge in [0.15, 0.2) is 0 Å². The van der Waals surface area contributed by atoms with Crippen molar-refractivity contribution < 1.29 is 4.74 Å². The van der Waals surface area contributed by atoms with Crippen molar-refractivity contribution in [2.75, 3.05) is 50.8 Å². The van der Waals surface area contributed by atoms with Crippen LogP contribution in [0, 0.1) is 5.92 Å². The third kappa shape index (κ3) is 3.45. The van der Waals surface area contributed by atoms with Crippen molar-refractivity contribution in [1.29, 1.82) is 0 Å². The summed E-state index contributed by atoms with van der Waals surface area (Å²) in [6, 6.07) is 1.92. The first-order valence-electron chi connectivity index (χ1n) is 7.08. The van der Waals surface area contributed by atoms with E-state index in [2.05, 4.69) is 30.7 Å². The molecule has 110 valence electrons. The number of anilines is 1. The molecule has 4 nitrogen and oxygen atoms in total. The molecule has 3 rings (SSSR count). The lowest BCUT2D eigenvalue weighted by Crippen LogP contribution is -2.39. The Labute approximate surface area is 133 Å². The van der Waals surface area contributed by atoms with Crippen LogP contribution in [0.25, 0.3) is 0 Å². The summed E-state index contributed by atoms with van der Waals surface area (Å²) < 4.78 is 6.38. The van der Waals surface area contributed by atoms with Crippen molar-refractivity contribution in [2.45, 2.75) is 6.42 Å². The third-order valence-electron chi connectivity index (χ3n) is 3.99. The maximum absolute atomic E-state index is 5.95. The number of aromatic nitrogens is 1. The van der Waals surface area contributed by atoms with Gasteiger partial charge < -0.3 is 9.64 Å². The Morgan fingerprint density at radius 3 is 2.90 bits per heavy atom. The maximum Gasteiger partial charge on any atom is 0.142 e. The lowest BCUT2D eigenvalue weighted by molar-refractivity contribution is 0.0320. The minimum absolute atomic E-state index is 0.671. The highest BCUT2D eigenvalue weighted by molar-refractivity contribution is 9.10. The third-order valence-corrected chi connectivity index (χ3v) is 4.78. The standard InChI is InChI=1S/C14H19BrClN3O/c15-13-7-12(16)8-17-14(13)19-2-1-11(10-19)9-18-3-5-20-6-4-18/h7-8,11H,1-6,9-10H2/t11-/m0/s1.